The van der Waals surface area contributed by atoms with E-state index in [9.17, 15) is 0 Å². The summed E-state index contributed by atoms with van der Waals surface area (Å²) in [4.78, 5) is 7.81. The highest BCUT2D eigenvalue weighted by Crippen LogP contribution is 2.35. The van der Waals surface area contributed by atoms with E-state index in [-0.39, 0.29) is 0 Å². The Kier molecular flexibility index (Phi) is 3.25. The summed E-state index contributed by atoms with van der Waals surface area (Å²) in [6.45, 7) is 2.29. The van der Waals surface area contributed by atoms with Gasteiger partial charge >= 0.3 is 0 Å². The molecule has 2 saturated carbocycles. The monoisotopic (exact) mass is 294 g/mol. The minimum Gasteiger partial charge on any atom is -0.388 e. The molecule has 2 aliphatic carbocycles. The first-order valence-corrected chi connectivity index (χ1v) is 8.19. The Morgan fingerprint density at radius 3 is 2.95 bits per heavy atom. The molecule has 0 aromatic carbocycles. The number of nitrogens with zero attached hydrogens (tertiary/aromatic N) is 1. The predicted octanol–water partition coefficient (Wildman–Crippen LogP) is 3.72. The summed E-state index contributed by atoms with van der Waals surface area (Å²) in [7, 11) is 0. The molecule has 0 saturated heterocycles. The first kappa shape index (κ1) is 13.6. The summed E-state index contributed by atoms with van der Waals surface area (Å²) in [5.74, 6) is 1.25. The standard InChI is InChI=1S/C18H22N4/c1-11-6-14(7-11)21-10-15(18(19)12-2-3-12)17-8-16-13(9-22-17)4-5-20-16/h4-5,8-12,14,19-21H,2-3,6-7H2,1H3/b15-10-,19-18?. The van der Waals surface area contributed by atoms with Crippen LogP contribution in [0.15, 0.2) is 30.7 Å². The highest BCUT2D eigenvalue weighted by Gasteiger charge is 2.30. The third kappa shape index (κ3) is 2.54. The Morgan fingerprint density at radius 1 is 1.41 bits per heavy atom. The second-order valence-electron chi connectivity index (χ2n) is 6.82. The molecule has 4 rings (SSSR count). The molecule has 114 valence electrons. The van der Waals surface area contributed by atoms with E-state index in [2.05, 4.69) is 28.3 Å². The van der Waals surface area contributed by atoms with Crippen molar-refractivity contribution in [2.24, 2.45) is 11.8 Å². The lowest BCUT2D eigenvalue weighted by molar-refractivity contribution is 0.261. The van der Waals surface area contributed by atoms with E-state index >= 15 is 0 Å². The summed E-state index contributed by atoms with van der Waals surface area (Å²) in [6.07, 6.45) is 10.6. The molecule has 22 heavy (non-hydrogen) atoms. The van der Waals surface area contributed by atoms with Crippen LogP contribution in [0.4, 0.5) is 0 Å². The van der Waals surface area contributed by atoms with Crippen LogP contribution in [0.1, 0.15) is 38.3 Å². The lowest BCUT2D eigenvalue weighted by Crippen LogP contribution is -2.37. The second kappa shape index (κ2) is 5.27. The van der Waals surface area contributed by atoms with Gasteiger partial charge in [-0.1, -0.05) is 6.92 Å². The second-order valence-corrected chi connectivity index (χ2v) is 6.82. The summed E-state index contributed by atoms with van der Waals surface area (Å²) >= 11 is 0. The Bertz CT molecular complexity index is 732. The first-order chi connectivity index (χ1) is 10.7. The minimum atomic E-state index is 0.425. The number of aromatic amines is 1. The lowest BCUT2D eigenvalue weighted by Gasteiger charge is -2.33. The molecular weight excluding hydrogens is 272 g/mol. The highest BCUT2D eigenvalue weighted by atomic mass is 14.9. The number of aromatic nitrogens is 2. The predicted molar refractivity (Wildman–Crippen MR) is 89.8 cm³/mol. The van der Waals surface area contributed by atoms with Gasteiger partial charge in [0.1, 0.15) is 0 Å². The van der Waals surface area contributed by atoms with Gasteiger partial charge in [-0.25, -0.2) is 0 Å². The number of fused-ring (bicyclic) bond motifs is 1. The van der Waals surface area contributed by atoms with Gasteiger partial charge in [0.2, 0.25) is 0 Å². The molecule has 2 aromatic heterocycles. The molecule has 0 unspecified atom stereocenters. The van der Waals surface area contributed by atoms with E-state index in [0.29, 0.717) is 12.0 Å². The average molecular weight is 294 g/mol. The van der Waals surface area contributed by atoms with Gasteiger partial charge in [-0.05, 0) is 43.7 Å². The van der Waals surface area contributed by atoms with Crippen LogP contribution in [0.3, 0.4) is 0 Å². The van der Waals surface area contributed by atoms with Crippen LogP contribution < -0.4 is 5.32 Å². The van der Waals surface area contributed by atoms with Gasteiger partial charge in [0.05, 0.1) is 5.69 Å². The van der Waals surface area contributed by atoms with Crippen molar-refractivity contribution in [2.75, 3.05) is 0 Å². The van der Waals surface area contributed by atoms with Gasteiger partial charge in [0.15, 0.2) is 0 Å². The quantitative estimate of drug-likeness (QED) is 0.736. The van der Waals surface area contributed by atoms with Crippen LogP contribution in [0.5, 0.6) is 0 Å². The normalized spacial score (nSPS) is 25.0. The molecule has 0 amide bonds. The molecule has 0 aliphatic heterocycles. The lowest BCUT2D eigenvalue weighted by atomic mass is 9.82. The van der Waals surface area contributed by atoms with Crippen molar-refractivity contribution in [3.63, 3.8) is 0 Å². The number of pyridine rings is 1. The Labute approximate surface area is 130 Å². The largest absolute Gasteiger partial charge is 0.388 e. The molecule has 2 aromatic rings. The summed E-state index contributed by atoms with van der Waals surface area (Å²) in [5, 5.41) is 13.1. The maximum atomic E-state index is 8.47. The van der Waals surface area contributed by atoms with Crippen LogP contribution in [0, 0.1) is 17.2 Å². The van der Waals surface area contributed by atoms with Crippen molar-refractivity contribution in [3.8, 4) is 0 Å². The zero-order valence-corrected chi connectivity index (χ0v) is 12.9. The number of H-pyrrole nitrogens is 1. The fourth-order valence-electron chi connectivity index (χ4n) is 3.21. The SMILES string of the molecule is CC1CC(N/C=C(\C(=N)C2CC2)c2cc3[nH]ccc3cn2)C1. The zero-order valence-electron chi connectivity index (χ0n) is 12.9. The molecule has 4 nitrogen and oxygen atoms in total. The first-order valence-electron chi connectivity index (χ1n) is 8.19. The van der Waals surface area contributed by atoms with Crippen LogP contribution in [-0.2, 0) is 0 Å². The highest BCUT2D eigenvalue weighted by molar-refractivity contribution is 6.23. The number of allylic oxidation sites excluding steroid dienone is 1. The van der Waals surface area contributed by atoms with E-state index in [0.717, 1.165) is 46.6 Å². The van der Waals surface area contributed by atoms with Crippen LogP contribution >= 0.6 is 0 Å². The Hall–Kier alpha value is -2.10. The van der Waals surface area contributed by atoms with Gasteiger partial charge in [0.25, 0.3) is 0 Å². The molecule has 3 N–H and O–H groups in total. The maximum Gasteiger partial charge on any atom is 0.0755 e. The molecule has 0 spiro atoms. The van der Waals surface area contributed by atoms with E-state index < -0.39 is 0 Å². The molecule has 0 radical (unpaired) electrons. The van der Waals surface area contributed by atoms with Crippen LogP contribution in [-0.4, -0.2) is 21.7 Å². The average Bonchev–Trinajstić information content (AvgIpc) is 3.23. The van der Waals surface area contributed by atoms with Gasteiger partial charge in [-0.2, -0.15) is 0 Å². The summed E-state index contributed by atoms with van der Waals surface area (Å²) in [5.41, 5.74) is 3.67. The van der Waals surface area contributed by atoms with Crippen molar-refractivity contribution in [1.29, 1.82) is 5.41 Å². The van der Waals surface area contributed by atoms with E-state index in [1.165, 1.54) is 12.8 Å². The minimum absolute atomic E-state index is 0.425. The van der Waals surface area contributed by atoms with E-state index in [1.807, 2.05) is 24.7 Å². The number of hydrogen-bond donors (Lipinski definition) is 3. The van der Waals surface area contributed by atoms with E-state index in [1.54, 1.807) is 0 Å². The number of rotatable bonds is 5. The fourth-order valence-corrected chi connectivity index (χ4v) is 3.21. The molecule has 4 heteroatoms. The van der Waals surface area contributed by atoms with Crippen molar-refractivity contribution < 1.29 is 0 Å². The zero-order chi connectivity index (χ0) is 15.1. The molecule has 2 fully saturated rings. The van der Waals surface area contributed by atoms with Gasteiger partial charge < -0.3 is 15.7 Å². The van der Waals surface area contributed by atoms with E-state index in [4.69, 9.17) is 5.41 Å². The van der Waals surface area contributed by atoms with Crippen molar-refractivity contribution >= 4 is 22.2 Å². The van der Waals surface area contributed by atoms with Crippen molar-refractivity contribution in [1.82, 2.24) is 15.3 Å². The summed E-state index contributed by atoms with van der Waals surface area (Å²) < 4.78 is 0. The van der Waals surface area contributed by atoms with Crippen LogP contribution in [0.25, 0.3) is 16.5 Å². The maximum absolute atomic E-state index is 8.47. The summed E-state index contributed by atoms with van der Waals surface area (Å²) in [6, 6.07) is 4.64. The molecule has 2 aliphatic rings. The fraction of sp³-hybridized carbons (Fsp3) is 0.444. The third-order valence-electron chi connectivity index (χ3n) is 4.83. The Balaban J connectivity index is 1.63. The van der Waals surface area contributed by atoms with Gasteiger partial charge in [0, 0.05) is 52.7 Å². The van der Waals surface area contributed by atoms with Crippen molar-refractivity contribution in [2.45, 2.75) is 38.6 Å². The number of nitrogens with one attached hydrogen (secondary N) is 3. The molecule has 2 heterocycles. The smallest absolute Gasteiger partial charge is 0.0755 e. The molecule has 0 atom stereocenters. The van der Waals surface area contributed by atoms with Gasteiger partial charge in [-0.15, -0.1) is 0 Å². The third-order valence-corrected chi connectivity index (χ3v) is 4.83. The van der Waals surface area contributed by atoms with Crippen molar-refractivity contribution in [3.05, 3.63) is 36.4 Å². The number of hydrogen-bond acceptors (Lipinski definition) is 3. The molecular formula is C18H22N4. The van der Waals surface area contributed by atoms with Gasteiger partial charge in [-0.3, -0.25) is 4.98 Å². The topological polar surface area (TPSA) is 64.6 Å². The van der Waals surface area contributed by atoms with Crippen LogP contribution in [0.2, 0.25) is 0 Å². The molecule has 0 bridgehead atoms. The Morgan fingerprint density at radius 2 is 2.23 bits per heavy atom.